The van der Waals surface area contributed by atoms with Crippen LogP contribution in [0.1, 0.15) is 12.8 Å². The van der Waals surface area contributed by atoms with Gasteiger partial charge in [0, 0.05) is 52.0 Å². The summed E-state index contributed by atoms with van der Waals surface area (Å²) in [5.41, 5.74) is 0. The molecule has 2 aliphatic rings. The van der Waals surface area contributed by atoms with Crippen LogP contribution in [0, 0.1) is 0 Å². The first-order valence-electron chi connectivity index (χ1n) is 8.78. The predicted octanol–water partition coefficient (Wildman–Crippen LogP) is 0.490. The third-order valence-electron chi connectivity index (χ3n) is 4.80. The zero-order valence-electron chi connectivity index (χ0n) is 14.0. The summed E-state index contributed by atoms with van der Waals surface area (Å²) in [6.45, 7) is 8.05. The molecule has 0 amide bonds. The lowest BCUT2D eigenvalue weighted by Gasteiger charge is -2.34. The Labute approximate surface area is 142 Å². The normalized spacial score (nSPS) is 19.2. The van der Waals surface area contributed by atoms with E-state index in [1.165, 1.54) is 12.8 Å². The number of piperazine rings is 1. The molecule has 4 heterocycles. The molecule has 0 aliphatic carbocycles. The van der Waals surface area contributed by atoms with Crippen molar-refractivity contribution in [1.29, 1.82) is 0 Å². The second kappa shape index (κ2) is 7.12. The topological polar surface area (TPSA) is 66.2 Å². The lowest BCUT2D eigenvalue weighted by atomic mass is 10.3. The van der Waals surface area contributed by atoms with Crippen LogP contribution in [0.3, 0.4) is 0 Å². The summed E-state index contributed by atoms with van der Waals surface area (Å²) in [5.74, 6) is 1.94. The molecule has 0 aromatic carbocycles. The smallest absolute Gasteiger partial charge is 0.227 e. The molecule has 2 aromatic heterocycles. The largest absolute Gasteiger partial charge is 0.356 e. The Bertz CT molecular complexity index is 629. The lowest BCUT2D eigenvalue weighted by Crippen LogP contribution is -2.48. The fraction of sp³-hybridized carbons (Fsp3) is 0.625. The van der Waals surface area contributed by atoms with E-state index in [2.05, 4.69) is 29.9 Å². The number of nitrogens with zero attached hydrogens (tertiary/aromatic N) is 8. The van der Waals surface area contributed by atoms with Crippen molar-refractivity contribution in [1.82, 2.24) is 29.9 Å². The number of hydrogen-bond acceptors (Lipinski definition) is 7. The molecule has 128 valence electrons. The van der Waals surface area contributed by atoms with E-state index in [0.29, 0.717) is 0 Å². The molecular formula is C16H24N8. The minimum absolute atomic E-state index is 0.841. The first-order valence-corrected chi connectivity index (χ1v) is 8.78. The van der Waals surface area contributed by atoms with E-state index in [4.69, 9.17) is 4.98 Å². The maximum atomic E-state index is 4.79. The maximum absolute atomic E-state index is 4.79. The molecule has 2 fully saturated rings. The molecule has 0 N–H and O–H groups in total. The van der Waals surface area contributed by atoms with Crippen molar-refractivity contribution in [3.05, 3.63) is 24.7 Å². The molecule has 8 heteroatoms. The third kappa shape index (κ3) is 3.48. The molecule has 0 bridgehead atoms. The number of anilines is 2. The number of rotatable bonds is 5. The van der Waals surface area contributed by atoms with Crippen molar-refractivity contribution < 1.29 is 0 Å². The zero-order chi connectivity index (χ0) is 16.2. The van der Waals surface area contributed by atoms with E-state index in [9.17, 15) is 0 Å². The van der Waals surface area contributed by atoms with Crippen molar-refractivity contribution in [2.45, 2.75) is 19.4 Å². The summed E-state index contributed by atoms with van der Waals surface area (Å²) in [6, 6.07) is 2.03. The lowest BCUT2D eigenvalue weighted by molar-refractivity contribution is 0.238. The van der Waals surface area contributed by atoms with Crippen LogP contribution >= 0.6 is 0 Å². The minimum atomic E-state index is 0.841. The summed E-state index contributed by atoms with van der Waals surface area (Å²) in [4.78, 5) is 18.1. The molecule has 2 aromatic rings. The van der Waals surface area contributed by atoms with Crippen LogP contribution in [-0.4, -0.2) is 75.7 Å². The second-order valence-electron chi connectivity index (χ2n) is 6.36. The average Bonchev–Trinajstić information content (AvgIpc) is 3.34. The van der Waals surface area contributed by atoms with E-state index in [0.717, 1.165) is 64.1 Å². The first-order chi connectivity index (χ1) is 11.9. The quantitative estimate of drug-likeness (QED) is 0.791. The molecule has 0 unspecified atom stereocenters. The van der Waals surface area contributed by atoms with Crippen LogP contribution in [0.5, 0.6) is 0 Å². The van der Waals surface area contributed by atoms with Gasteiger partial charge in [0.25, 0.3) is 0 Å². The highest BCUT2D eigenvalue weighted by molar-refractivity contribution is 5.44. The van der Waals surface area contributed by atoms with Gasteiger partial charge in [0.15, 0.2) is 0 Å². The predicted molar refractivity (Wildman–Crippen MR) is 92.2 cm³/mol. The molecule has 0 saturated carbocycles. The average molecular weight is 328 g/mol. The van der Waals surface area contributed by atoms with Crippen LogP contribution in [0.25, 0.3) is 0 Å². The van der Waals surface area contributed by atoms with E-state index in [1.807, 2.05) is 12.3 Å². The summed E-state index contributed by atoms with van der Waals surface area (Å²) in [5, 5.41) is 8.31. The van der Waals surface area contributed by atoms with Gasteiger partial charge < -0.3 is 9.80 Å². The fourth-order valence-corrected chi connectivity index (χ4v) is 3.38. The van der Waals surface area contributed by atoms with Gasteiger partial charge >= 0.3 is 0 Å². The van der Waals surface area contributed by atoms with E-state index in [-0.39, 0.29) is 0 Å². The highest BCUT2D eigenvalue weighted by atomic mass is 15.5. The van der Waals surface area contributed by atoms with Crippen molar-refractivity contribution in [3.8, 4) is 0 Å². The minimum Gasteiger partial charge on any atom is -0.356 e. The van der Waals surface area contributed by atoms with Crippen LogP contribution in [0.2, 0.25) is 0 Å². The van der Waals surface area contributed by atoms with Gasteiger partial charge in [-0.05, 0) is 18.9 Å². The van der Waals surface area contributed by atoms with Crippen molar-refractivity contribution >= 4 is 11.8 Å². The van der Waals surface area contributed by atoms with Crippen LogP contribution in [0.4, 0.5) is 11.8 Å². The molecular weight excluding hydrogens is 304 g/mol. The van der Waals surface area contributed by atoms with E-state index in [1.54, 1.807) is 17.2 Å². The van der Waals surface area contributed by atoms with Crippen molar-refractivity contribution in [2.75, 3.05) is 55.6 Å². The SMILES string of the molecule is c1cc(N2CCCC2)nc(N2CCN(CCn3nccn3)CC2)n1. The van der Waals surface area contributed by atoms with Crippen molar-refractivity contribution in [3.63, 3.8) is 0 Å². The molecule has 0 radical (unpaired) electrons. The standard InChI is InChI=1S/C16H24N8/c1-2-8-22(7-1)15-3-4-17-16(20-15)23-12-9-21(10-13-23)11-14-24-18-5-6-19-24/h3-6H,1-2,7-14H2. The van der Waals surface area contributed by atoms with E-state index >= 15 is 0 Å². The molecule has 2 aliphatic heterocycles. The van der Waals surface area contributed by atoms with Gasteiger partial charge in [-0.25, -0.2) is 4.98 Å². The van der Waals surface area contributed by atoms with Gasteiger partial charge in [-0.15, -0.1) is 0 Å². The highest BCUT2D eigenvalue weighted by Gasteiger charge is 2.20. The third-order valence-corrected chi connectivity index (χ3v) is 4.80. The molecule has 24 heavy (non-hydrogen) atoms. The highest BCUT2D eigenvalue weighted by Crippen LogP contribution is 2.20. The Balaban J connectivity index is 1.31. The van der Waals surface area contributed by atoms with Gasteiger partial charge in [0.1, 0.15) is 5.82 Å². The summed E-state index contributed by atoms with van der Waals surface area (Å²) in [7, 11) is 0. The maximum Gasteiger partial charge on any atom is 0.227 e. The second-order valence-corrected chi connectivity index (χ2v) is 6.36. The Hall–Kier alpha value is -2.22. The molecule has 0 spiro atoms. The Morgan fingerprint density at radius 2 is 1.54 bits per heavy atom. The van der Waals surface area contributed by atoms with Crippen LogP contribution < -0.4 is 9.80 Å². The first kappa shape index (κ1) is 15.3. The Morgan fingerprint density at radius 3 is 2.29 bits per heavy atom. The molecule has 8 nitrogen and oxygen atoms in total. The van der Waals surface area contributed by atoms with Gasteiger partial charge in [0.05, 0.1) is 18.9 Å². The summed E-state index contributed by atoms with van der Waals surface area (Å²) in [6.07, 6.45) is 7.88. The molecule has 0 atom stereocenters. The van der Waals surface area contributed by atoms with Crippen molar-refractivity contribution in [2.24, 2.45) is 0 Å². The van der Waals surface area contributed by atoms with Crippen LogP contribution in [-0.2, 0) is 6.54 Å². The van der Waals surface area contributed by atoms with Gasteiger partial charge in [-0.1, -0.05) is 0 Å². The van der Waals surface area contributed by atoms with Gasteiger partial charge in [-0.2, -0.15) is 20.0 Å². The number of hydrogen-bond donors (Lipinski definition) is 0. The number of aromatic nitrogens is 5. The van der Waals surface area contributed by atoms with Crippen LogP contribution in [0.15, 0.2) is 24.7 Å². The van der Waals surface area contributed by atoms with E-state index < -0.39 is 0 Å². The fourth-order valence-electron chi connectivity index (χ4n) is 3.38. The monoisotopic (exact) mass is 328 g/mol. The zero-order valence-corrected chi connectivity index (χ0v) is 14.0. The summed E-state index contributed by atoms with van der Waals surface area (Å²) < 4.78 is 0. The molecule has 2 saturated heterocycles. The van der Waals surface area contributed by atoms with Gasteiger partial charge in [0.2, 0.25) is 5.95 Å². The Kier molecular flexibility index (Phi) is 4.55. The molecule has 4 rings (SSSR count). The Morgan fingerprint density at radius 1 is 0.792 bits per heavy atom. The van der Waals surface area contributed by atoms with Gasteiger partial charge in [-0.3, -0.25) is 4.90 Å². The summed E-state index contributed by atoms with van der Waals surface area (Å²) >= 11 is 0.